The summed E-state index contributed by atoms with van der Waals surface area (Å²) >= 11 is 1.63. The summed E-state index contributed by atoms with van der Waals surface area (Å²) in [5.41, 5.74) is 0.848. The van der Waals surface area contributed by atoms with E-state index in [4.69, 9.17) is 0 Å². The smallest absolute Gasteiger partial charge is 0.325 e. The Bertz CT molecular complexity index is 688. The lowest BCUT2D eigenvalue weighted by molar-refractivity contribution is -0.143. The Kier molecular flexibility index (Phi) is 5.37. The molecule has 3 rings (SSSR count). The van der Waals surface area contributed by atoms with Crippen molar-refractivity contribution in [3.63, 3.8) is 0 Å². The van der Waals surface area contributed by atoms with Gasteiger partial charge in [0.2, 0.25) is 0 Å². The minimum absolute atomic E-state index is 0.594. The summed E-state index contributed by atoms with van der Waals surface area (Å²) in [6.07, 6.45) is 3.79. The van der Waals surface area contributed by atoms with Gasteiger partial charge in [0.25, 0.3) is 0 Å². The molecule has 0 aliphatic carbocycles. The number of hydrogen-bond acceptors (Lipinski definition) is 5. The molecule has 0 spiro atoms. The van der Waals surface area contributed by atoms with Gasteiger partial charge < -0.3 is 10.0 Å². The van der Waals surface area contributed by atoms with Gasteiger partial charge in [-0.05, 0) is 36.1 Å². The lowest BCUT2D eigenvalue weighted by atomic mass is 10.0. The fraction of sp³-hybridized carbons (Fsp3) is 0.333. The van der Waals surface area contributed by atoms with Crippen molar-refractivity contribution in [2.75, 3.05) is 37.3 Å². The quantitative estimate of drug-likeness (QED) is 0.843. The van der Waals surface area contributed by atoms with E-state index in [-0.39, 0.29) is 0 Å². The Morgan fingerprint density at radius 2 is 1.96 bits per heavy atom. The number of thioether (sulfide) groups is 1. The van der Waals surface area contributed by atoms with Crippen molar-refractivity contribution >= 4 is 23.5 Å². The number of nitrogens with zero attached hydrogens (tertiary/aromatic N) is 3. The summed E-state index contributed by atoms with van der Waals surface area (Å²) in [7, 11) is 0. The molecule has 24 heavy (non-hydrogen) atoms. The van der Waals surface area contributed by atoms with E-state index in [1.54, 1.807) is 18.0 Å². The van der Waals surface area contributed by atoms with Crippen LogP contribution in [-0.2, 0) is 4.79 Å². The van der Waals surface area contributed by atoms with Crippen molar-refractivity contribution in [2.24, 2.45) is 0 Å². The van der Waals surface area contributed by atoms with Crippen LogP contribution in [0.25, 0.3) is 0 Å². The second-order valence-corrected chi connectivity index (χ2v) is 6.61. The van der Waals surface area contributed by atoms with Crippen molar-refractivity contribution in [1.29, 1.82) is 0 Å². The van der Waals surface area contributed by atoms with E-state index in [2.05, 4.69) is 9.88 Å². The maximum atomic E-state index is 11.9. The fourth-order valence-corrected chi connectivity index (χ4v) is 3.54. The van der Waals surface area contributed by atoms with Gasteiger partial charge in [-0.25, -0.2) is 4.98 Å². The van der Waals surface area contributed by atoms with Crippen LogP contribution in [0, 0.1) is 0 Å². The maximum absolute atomic E-state index is 11.9. The van der Waals surface area contributed by atoms with Gasteiger partial charge in [0.05, 0.1) is 0 Å². The van der Waals surface area contributed by atoms with Crippen LogP contribution in [0.1, 0.15) is 11.6 Å². The molecule has 1 aromatic heterocycles. The van der Waals surface area contributed by atoms with Crippen LogP contribution < -0.4 is 4.90 Å². The standard InChI is InChI=1S/C18H21N3O2S/c1-24-15-6-4-5-14(13-15)17(18(22)23)21-11-9-20(10-12-21)16-7-2-3-8-19-16/h2-8,13,17H,9-12H2,1H3,(H,22,23)/t17-/m1/s1. The van der Waals surface area contributed by atoms with E-state index in [0.29, 0.717) is 13.1 Å². The first-order chi connectivity index (χ1) is 11.7. The zero-order valence-corrected chi connectivity index (χ0v) is 14.4. The highest BCUT2D eigenvalue weighted by Gasteiger charge is 2.30. The Morgan fingerprint density at radius 3 is 2.58 bits per heavy atom. The second kappa shape index (κ2) is 7.68. The second-order valence-electron chi connectivity index (χ2n) is 5.73. The normalized spacial score (nSPS) is 16.8. The number of benzene rings is 1. The molecule has 1 N–H and O–H groups in total. The molecule has 1 fully saturated rings. The number of rotatable bonds is 5. The molecule has 6 heteroatoms. The van der Waals surface area contributed by atoms with Gasteiger partial charge >= 0.3 is 5.97 Å². The SMILES string of the molecule is CSc1cccc([C@H](C(=O)O)N2CCN(c3ccccn3)CC2)c1. The minimum atomic E-state index is -0.792. The molecular weight excluding hydrogens is 322 g/mol. The molecule has 1 saturated heterocycles. The molecule has 0 unspecified atom stereocenters. The van der Waals surface area contributed by atoms with Gasteiger partial charge in [0.15, 0.2) is 0 Å². The molecule has 5 nitrogen and oxygen atoms in total. The highest BCUT2D eigenvalue weighted by molar-refractivity contribution is 7.98. The van der Waals surface area contributed by atoms with Crippen LogP contribution >= 0.6 is 11.8 Å². The molecule has 0 bridgehead atoms. The number of carboxylic acids is 1. The zero-order chi connectivity index (χ0) is 16.9. The molecule has 126 valence electrons. The molecular formula is C18H21N3O2S. The van der Waals surface area contributed by atoms with Gasteiger partial charge in [0, 0.05) is 37.3 Å². The van der Waals surface area contributed by atoms with Crippen molar-refractivity contribution < 1.29 is 9.90 Å². The largest absolute Gasteiger partial charge is 0.480 e. The van der Waals surface area contributed by atoms with Crippen LogP contribution in [0.15, 0.2) is 53.6 Å². The van der Waals surface area contributed by atoms with Gasteiger partial charge in [-0.3, -0.25) is 9.69 Å². The average molecular weight is 343 g/mol. The van der Waals surface area contributed by atoms with Crippen molar-refractivity contribution in [3.8, 4) is 0 Å². The Labute approximate surface area is 146 Å². The molecule has 0 saturated carbocycles. The number of piperazine rings is 1. The molecule has 1 aliphatic heterocycles. The van der Waals surface area contributed by atoms with E-state index >= 15 is 0 Å². The highest BCUT2D eigenvalue weighted by atomic mass is 32.2. The van der Waals surface area contributed by atoms with Gasteiger partial charge in [-0.1, -0.05) is 18.2 Å². The van der Waals surface area contributed by atoms with Crippen LogP contribution in [0.5, 0.6) is 0 Å². The summed E-state index contributed by atoms with van der Waals surface area (Å²) in [5, 5.41) is 9.75. The third-order valence-corrected chi connectivity index (χ3v) is 5.02. The molecule has 0 amide bonds. The van der Waals surface area contributed by atoms with Crippen LogP contribution in [0.4, 0.5) is 5.82 Å². The van der Waals surface area contributed by atoms with Crippen molar-refractivity contribution in [2.45, 2.75) is 10.9 Å². The topological polar surface area (TPSA) is 56.7 Å². The van der Waals surface area contributed by atoms with E-state index in [0.717, 1.165) is 29.4 Å². The van der Waals surface area contributed by atoms with Gasteiger partial charge in [0.1, 0.15) is 11.9 Å². The summed E-state index contributed by atoms with van der Waals surface area (Å²) in [4.78, 5) is 21.6. The molecule has 1 atom stereocenters. The average Bonchev–Trinajstić information content (AvgIpc) is 2.63. The molecule has 1 aromatic carbocycles. The Hall–Kier alpha value is -2.05. The summed E-state index contributed by atoms with van der Waals surface area (Å²) in [5.74, 6) is 0.160. The summed E-state index contributed by atoms with van der Waals surface area (Å²) < 4.78 is 0. The lowest BCUT2D eigenvalue weighted by Gasteiger charge is -2.38. The maximum Gasteiger partial charge on any atom is 0.325 e. The van der Waals surface area contributed by atoms with Gasteiger partial charge in [-0.15, -0.1) is 11.8 Å². The van der Waals surface area contributed by atoms with E-state index < -0.39 is 12.0 Å². The van der Waals surface area contributed by atoms with E-state index in [1.165, 1.54) is 0 Å². The van der Waals surface area contributed by atoms with Crippen molar-refractivity contribution in [3.05, 3.63) is 54.2 Å². The highest BCUT2D eigenvalue weighted by Crippen LogP contribution is 2.27. The van der Waals surface area contributed by atoms with Crippen LogP contribution in [0.3, 0.4) is 0 Å². The monoisotopic (exact) mass is 343 g/mol. The number of aromatic nitrogens is 1. The van der Waals surface area contributed by atoms with E-state index in [9.17, 15) is 9.90 Å². The third kappa shape index (κ3) is 3.71. The summed E-state index contributed by atoms with van der Waals surface area (Å²) in [6.45, 7) is 2.97. The molecule has 1 aliphatic rings. The molecule has 2 aromatic rings. The number of pyridine rings is 1. The number of carboxylic acid groups (broad SMARTS) is 1. The van der Waals surface area contributed by atoms with E-state index in [1.807, 2.05) is 53.6 Å². The third-order valence-electron chi connectivity index (χ3n) is 4.30. The first-order valence-electron chi connectivity index (χ1n) is 7.96. The number of aliphatic carboxylic acids is 1. The van der Waals surface area contributed by atoms with Crippen LogP contribution in [0.2, 0.25) is 0 Å². The number of carbonyl (C=O) groups is 1. The first-order valence-corrected chi connectivity index (χ1v) is 9.18. The molecule has 0 radical (unpaired) electrons. The number of anilines is 1. The number of hydrogen-bond donors (Lipinski definition) is 1. The predicted octanol–water partition coefficient (Wildman–Crippen LogP) is 2.75. The minimum Gasteiger partial charge on any atom is -0.480 e. The Balaban J connectivity index is 1.73. The van der Waals surface area contributed by atoms with Gasteiger partial charge in [-0.2, -0.15) is 0 Å². The zero-order valence-electron chi connectivity index (χ0n) is 13.6. The molecule has 2 heterocycles. The Morgan fingerprint density at radius 1 is 1.17 bits per heavy atom. The first kappa shape index (κ1) is 16.8. The lowest BCUT2D eigenvalue weighted by Crippen LogP contribution is -2.49. The fourth-order valence-electron chi connectivity index (χ4n) is 3.07. The summed E-state index contributed by atoms with van der Waals surface area (Å²) in [6, 6.07) is 13.1. The van der Waals surface area contributed by atoms with Crippen molar-refractivity contribution in [1.82, 2.24) is 9.88 Å². The predicted molar refractivity (Wildman–Crippen MR) is 96.6 cm³/mol. The van der Waals surface area contributed by atoms with Crippen LogP contribution in [-0.4, -0.2) is 53.4 Å².